The van der Waals surface area contributed by atoms with E-state index in [1.54, 1.807) is 38.1 Å². The third-order valence-corrected chi connectivity index (χ3v) is 6.02. The van der Waals surface area contributed by atoms with Gasteiger partial charge in [-0.15, -0.1) is 0 Å². The van der Waals surface area contributed by atoms with Gasteiger partial charge in [0.05, 0.1) is 23.8 Å². The molecule has 7 nitrogen and oxygen atoms in total. The monoisotopic (exact) mass is 368 g/mol. The predicted octanol–water partition coefficient (Wildman–Crippen LogP) is 1.86. The third kappa shape index (κ3) is 5.02. The lowest BCUT2D eigenvalue weighted by molar-refractivity contribution is -0.120. The van der Waals surface area contributed by atoms with E-state index in [4.69, 9.17) is 4.74 Å². The molecule has 8 heteroatoms. The van der Waals surface area contributed by atoms with Crippen LogP contribution < -0.4 is 5.32 Å². The second kappa shape index (κ2) is 8.44. The van der Waals surface area contributed by atoms with Crippen LogP contribution in [-0.4, -0.2) is 50.0 Å². The number of esters is 1. The topological polar surface area (TPSA) is 92.8 Å². The zero-order valence-corrected chi connectivity index (χ0v) is 15.3. The van der Waals surface area contributed by atoms with E-state index in [1.807, 2.05) is 0 Å². The van der Waals surface area contributed by atoms with E-state index in [9.17, 15) is 18.0 Å². The normalized spacial score (nSPS) is 18.6. The number of hydrogen-bond donors (Lipinski definition) is 1. The molecule has 0 saturated carbocycles. The largest absolute Gasteiger partial charge is 0.462 e. The number of sulfonamides is 1. The summed E-state index contributed by atoms with van der Waals surface area (Å²) in [5.74, 6) is -0.954. The molecule has 1 atom stereocenters. The van der Waals surface area contributed by atoms with Crippen molar-refractivity contribution in [2.24, 2.45) is 5.92 Å². The fraction of sp³-hybridized carbons (Fsp3) is 0.529. The highest BCUT2D eigenvalue weighted by molar-refractivity contribution is 7.89. The van der Waals surface area contributed by atoms with Gasteiger partial charge in [0.25, 0.3) is 0 Å². The van der Waals surface area contributed by atoms with E-state index in [1.165, 1.54) is 4.31 Å². The van der Waals surface area contributed by atoms with Crippen LogP contribution in [0, 0.1) is 5.92 Å². The molecule has 2 rings (SSSR count). The summed E-state index contributed by atoms with van der Waals surface area (Å²) in [7, 11) is -3.28. The van der Waals surface area contributed by atoms with Gasteiger partial charge in [-0.2, -0.15) is 0 Å². The zero-order valence-electron chi connectivity index (χ0n) is 14.5. The van der Waals surface area contributed by atoms with Gasteiger partial charge in [-0.05, 0) is 51.0 Å². The van der Waals surface area contributed by atoms with Crippen LogP contribution in [0.2, 0.25) is 0 Å². The highest BCUT2D eigenvalue weighted by Gasteiger charge is 2.31. The number of ether oxygens (including phenoxy) is 1. The Morgan fingerprint density at radius 1 is 1.24 bits per heavy atom. The first kappa shape index (κ1) is 19.4. The molecule has 1 aliphatic rings. The lowest BCUT2D eigenvalue weighted by Crippen LogP contribution is -2.44. The summed E-state index contributed by atoms with van der Waals surface area (Å²) >= 11 is 0. The van der Waals surface area contributed by atoms with Gasteiger partial charge < -0.3 is 10.1 Å². The minimum Gasteiger partial charge on any atom is -0.462 e. The molecule has 25 heavy (non-hydrogen) atoms. The molecule has 0 spiro atoms. The molecule has 0 bridgehead atoms. The average Bonchev–Trinajstić information content (AvgIpc) is 2.62. The van der Waals surface area contributed by atoms with Gasteiger partial charge in [0.2, 0.25) is 15.9 Å². The van der Waals surface area contributed by atoms with Crippen molar-refractivity contribution in [1.29, 1.82) is 0 Å². The van der Waals surface area contributed by atoms with Crippen molar-refractivity contribution < 1.29 is 22.7 Å². The minimum absolute atomic E-state index is 0.0384. The average molecular weight is 368 g/mol. The number of benzene rings is 1. The van der Waals surface area contributed by atoms with E-state index in [0.717, 1.165) is 0 Å². The molecule has 138 valence electrons. The molecule has 1 unspecified atom stereocenters. The Bertz CT molecular complexity index is 715. The number of nitrogens with zero attached hydrogens (tertiary/aromatic N) is 1. The number of nitrogens with one attached hydrogen (secondary N) is 1. The Morgan fingerprint density at radius 2 is 1.92 bits per heavy atom. The summed E-state index contributed by atoms with van der Waals surface area (Å²) in [5.41, 5.74) is 0.978. The quantitative estimate of drug-likeness (QED) is 0.774. The lowest BCUT2D eigenvalue weighted by Gasteiger charge is -2.30. The number of rotatable bonds is 6. The molecule has 0 radical (unpaired) electrons. The molecular weight excluding hydrogens is 344 g/mol. The fourth-order valence-corrected chi connectivity index (χ4v) is 3.92. The van der Waals surface area contributed by atoms with E-state index in [2.05, 4.69) is 5.32 Å². The molecule has 1 N–H and O–H groups in total. The Labute approximate surface area is 148 Å². The van der Waals surface area contributed by atoms with E-state index >= 15 is 0 Å². The third-order valence-electron chi connectivity index (χ3n) is 4.18. The maximum absolute atomic E-state index is 12.4. The number of piperidine rings is 1. The maximum Gasteiger partial charge on any atom is 0.338 e. The zero-order chi connectivity index (χ0) is 18.4. The number of anilines is 1. The molecule has 1 fully saturated rings. The molecule has 1 aromatic rings. The van der Waals surface area contributed by atoms with Crippen LogP contribution in [0.5, 0.6) is 0 Å². The highest BCUT2D eigenvalue weighted by atomic mass is 32.2. The predicted molar refractivity (Wildman–Crippen MR) is 94.8 cm³/mol. The number of amides is 1. The van der Waals surface area contributed by atoms with Crippen LogP contribution in [0.15, 0.2) is 24.3 Å². The first-order valence-corrected chi connectivity index (χ1v) is 10.0. The van der Waals surface area contributed by atoms with E-state index in [-0.39, 0.29) is 24.1 Å². The second-order valence-corrected chi connectivity index (χ2v) is 8.14. The van der Waals surface area contributed by atoms with Crippen molar-refractivity contribution in [1.82, 2.24) is 4.31 Å². The summed E-state index contributed by atoms with van der Waals surface area (Å²) in [6.45, 7) is 4.32. The Kier molecular flexibility index (Phi) is 6.55. The van der Waals surface area contributed by atoms with Gasteiger partial charge >= 0.3 is 5.97 Å². The van der Waals surface area contributed by atoms with Crippen LogP contribution in [0.1, 0.15) is 37.0 Å². The summed E-state index contributed by atoms with van der Waals surface area (Å²) in [5, 5.41) is 2.79. The lowest BCUT2D eigenvalue weighted by atomic mass is 9.98. The van der Waals surface area contributed by atoms with Crippen molar-refractivity contribution in [3.05, 3.63) is 29.8 Å². The van der Waals surface area contributed by atoms with Gasteiger partial charge in [-0.1, -0.05) is 0 Å². The van der Waals surface area contributed by atoms with Crippen molar-refractivity contribution in [2.45, 2.75) is 26.7 Å². The first-order chi connectivity index (χ1) is 11.9. The van der Waals surface area contributed by atoms with Gasteiger partial charge in [-0.3, -0.25) is 4.79 Å². The minimum atomic E-state index is -3.28. The van der Waals surface area contributed by atoms with Gasteiger partial charge in [0.15, 0.2) is 0 Å². The summed E-state index contributed by atoms with van der Waals surface area (Å²) in [6, 6.07) is 6.44. The van der Waals surface area contributed by atoms with E-state index in [0.29, 0.717) is 37.2 Å². The Hall–Kier alpha value is -1.93. The SMILES string of the molecule is CCOC(=O)c1ccc(NC(=O)C2CCCN(S(=O)(=O)CC)C2)cc1. The van der Waals surface area contributed by atoms with Crippen LogP contribution in [0.25, 0.3) is 0 Å². The van der Waals surface area contributed by atoms with Gasteiger partial charge in [0, 0.05) is 18.8 Å². The Balaban J connectivity index is 1.98. The summed E-state index contributed by atoms with van der Waals surface area (Å²) in [6.07, 6.45) is 1.32. The highest BCUT2D eigenvalue weighted by Crippen LogP contribution is 2.21. The number of hydrogen-bond acceptors (Lipinski definition) is 5. The molecular formula is C17H24N2O5S. The Morgan fingerprint density at radius 3 is 2.52 bits per heavy atom. The van der Waals surface area contributed by atoms with Crippen LogP contribution >= 0.6 is 0 Å². The first-order valence-electron chi connectivity index (χ1n) is 8.43. The molecule has 1 amide bonds. The van der Waals surface area contributed by atoms with Crippen molar-refractivity contribution in [3.63, 3.8) is 0 Å². The van der Waals surface area contributed by atoms with Crippen molar-refractivity contribution in [3.8, 4) is 0 Å². The molecule has 0 aliphatic carbocycles. The molecule has 0 aromatic heterocycles. The number of carbonyl (C=O) groups excluding carboxylic acids is 2. The van der Waals surface area contributed by atoms with Gasteiger partial charge in [-0.25, -0.2) is 17.5 Å². The van der Waals surface area contributed by atoms with Crippen molar-refractivity contribution >= 4 is 27.6 Å². The van der Waals surface area contributed by atoms with E-state index < -0.39 is 16.0 Å². The van der Waals surface area contributed by atoms with Crippen molar-refractivity contribution in [2.75, 3.05) is 30.8 Å². The standard InChI is InChI=1S/C17H24N2O5S/c1-3-24-17(21)13-7-9-15(10-8-13)18-16(20)14-6-5-11-19(12-14)25(22,23)4-2/h7-10,14H,3-6,11-12H2,1-2H3,(H,18,20). The summed E-state index contributed by atoms with van der Waals surface area (Å²) in [4.78, 5) is 24.0. The summed E-state index contributed by atoms with van der Waals surface area (Å²) < 4.78 is 30.3. The maximum atomic E-state index is 12.4. The van der Waals surface area contributed by atoms with Gasteiger partial charge in [0.1, 0.15) is 0 Å². The molecule has 1 aliphatic heterocycles. The van der Waals surface area contributed by atoms with Crippen LogP contribution in [-0.2, 0) is 19.6 Å². The van der Waals surface area contributed by atoms with Crippen LogP contribution in [0.3, 0.4) is 0 Å². The smallest absolute Gasteiger partial charge is 0.338 e. The molecule has 1 aromatic carbocycles. The fourth-order valence-electron chi connectivity index (χ4n) is 2.74. The van der Waals surface area contributed by atoms with Crippen LogP contribution in [0.4, 0.5) is 5.69 Å². The molecule has 1 saturated heterocycles. The number of carbonyl (C=O) groups is 2. The molecule has 1 heterocycles. The second-order valence-electron chi connectivity index (χ2n) is 5.88.